The number of carbonyl (C=O) groups excluding carboxylic acids is 1. The summed E-state index contributed by atoms with van der Waals surface area (Å²) in [4.78, 5) is 12.2. The number of aryl methyl sites for hydroxylation is 1. The lowest BCUT2D eigenvalue weighted by Gasteiger charge is -2.13. The molecule has 0 saturated heterocycles. The minimum atomic E-state index is -0.432. The van der Waals surface area contributed by atoms with Crippen LogP contribution in [0.25, 0.3) is 0 Å². The number of hydrogen-bond donors (Lipinski definition) is 0. The lowest BCUT2D eigenvalue weighted by atomic mass is 10.0. The maximum atomic E-state index is 12.2. The van der Waals surface area contributed by atoms with Crippen molar-refractivity contribution >= 4 is 5.97 Å². The molecule has 0 aliphatic rings. The SMILES string of the molecule is CCOC(=O)c1c(C)cc(C#CCOCc2ccc(OC)cc2)cc1OCOC. The number of methoxy groups -OCH3 is 2. The maximum Gasteiger partial charge on any atom is 0.342 e. The van der Waals surface area contributed by atoms with Crippen molar-refractivity contribution in [2.24, 2.45) is 0 Å². The molecule has 154 valence electrons. The standard InChI is InChI=1S/C23H26O6/c1-5-28-23(24)22-17(2)13-19(14-21(22)29-16-25-3)7-6-12-27-15-18-8-10-20(26-4)11-9-18/h8-11,13-14H,5,12,15-16H2,1-4H3. The summed E-state index contributed by atoms with van der Waals surface area (Å²) in [5, 5.41) is 0. The minimum Gasteiger partial charge on any atom is -0.497 e. The fourth-order valence-corrected chi connectivity index (χ4v) is 2.61. The van der Waals surface area contributed by atoms with Gasteiger partial charge < -0.3 is 23.7 Å². The topological polar surface area (TPSA) is 63.2 Å². The van der Waals surface area contributed by atoms with Crippen LogP contribution in [0, 0.1) is 18.8 Å². The summed E-state index contributed by atoms with van der Waals surface area (Å²) >= 11 is 0. The van der Waals surface area contributed by atoms with E-state index in [0.29, 0.717) is 17.9 Å². The molecule has 0 atom stereocenters. The Balaban J connectivity index is 2.04. The second-order valence-corrected chi connectivity index (χ2v) is 6.08. The van der Waals surface area contributed by atoms with E-state index < -0.39 is 5.97 Å². The van der Waals surface area contributed by atoms with Crippen molar-refractivity contribution in [2.45, 2.75) is 20.5 Å². The Labute approximate surface area is 171 Å². The van der Waals surface area contributed by atoms with Crippen LogP contribution in [-0.2, 0) is 20.8 Å². The minimum absolute atomic E-state index is 0.0215. The van der Waals surface area contributed by atoms with Crippen molar-refractivity contribution < 1.29 is 28.5 Å². The number of rotatable bonds is 9. The largest absolute Gasteiger partial charge is 0.497 e. The zero-order valence-electron chi connectivity index (χ0n) is 17.2. The quantitative estimate of drug-likeness (QED) is 0.278. The third-order valence-electron chi connectivity index (χ3n) is 3.95. The van der Waals surface area contributed by atoms with Crippen molar-refractivity contribution in [1.82, 2.24) is 0 Å². The molecular formula is C23H26O6. The molecule has 0 radical (unpaired) electrons. The Bertz CT molecular complexity index is 861. The summed E-state index contributed by atoms with van der Waals surface area (Å²) in [7, 11) is 3.15. The fraction of sp³-hybridized carbons (Fsp3) is 0.348. The second kappa shape index (κ2) is 11.7. The first-order valence-corrected chi connectivity index (χ1v) is 9.22. The van der Waals surface area contributed by atoms with Crippen molar-refractivity contribution in [3.63, 3.8) is 0 Å². The fourth-order valence-electron chi connectivity index (χ4n) is 2.61. The van der Waals surface area contributed by atoms with Crippen molar-refractivity contribution in [1.29, 1.82) is 0 Å². The average Bonchev–Trinajstić information content (AvgIpc) is 2.72. The highest BCUT2D eigenvalue weighted by atomic mass is 16.7. The van der Waals surface area contributed by atoms with Crippen LogP contribution in [0.1, 0.15) is 34.0 Å². The highest BCUT2D eigenvalue weighted by Crippen LogP contribution is 2.25. The molecule has 6 nitrogen and oxygen atoms in total. The number of carbonyl (C=O) groups is 1. The van der Waals surface area contributed by atoms with Gasteiger partial charge in [0.25, 0.3) is 0 Å². The molecule has 29 heavy (non-hydrogen) atoms. The van der Waals surface area contributed by atoms with E-state index in [1.807, 2.05) is 37.3 Å². The van der Waals surface area contributed by atoms with Gasteiger partial charge >= 0.3 is 5.97 Å². The molecule has 0 N–H and O–H groups in total. The van der Waals surface area contributed by atoms with Crippen molar-refractivity contribution in [2.75, 3.05) is 34.2 Å². The molecule has 2 rings (SSSR count). The molecule has 0 saturated carbocycles. The molecule has 0 fully saturated rings. The molecule has 0 unspecified atom stereocenters. The zero-order valence-corrected chi connectivity index (χ0v) is 17.2. The Morgan fingerprint density at radius 3 is 2.52 bits per heavy atom. The number of hydrogen-bond acceptors (Lipinski definition) is 6. The van der Waals surface area contributed by atoms with Gasteiger partial charge in [0.05, 0.1) is 20.3 Å². The smallest absolute Gasteiger partial charge is 0.342 e. The van der Waals surface area contributed by atoms with Crippen LogP contribution in [0.2, 0.25) is 0 Å². The molecule has 0 amide bonds. The van der Waals surface area contributed by atoms with Crippen molar-refractivity contribution in [3.8, 4) is 23.3 Å². The van der Waals surface area contributed by atoms with Gasteiger partial charge in [0.1, 0.15) is 23.7 Å². The van der Waals surface area contributed by atoms with Gasteiger partial charge in [-0.1, -0.05) is 24.0 Å². The first-order valence-electron chi connectivity index (χ1n) is 9.22. The summed E-state index contributed by atoms with van der Waals surface area (Å²) < 4.78 is 26.3. The Kier molecular flexibility index (Phi) is 9.03. The molecule has 6 heteroatoms. The molecule has 0 aliphatic heterocycles. The Morgan fingerprint density at radius 2 is 1.86 bits per heavy atom. The van der Waals surface area contributed by atoms with Gasteiger partial charge in [-0.3, -0.25) is 0 Å². The first kappa shape index (κ1) is 22.3. The summed E-state index contributed by atoms with van der Waals surface area (Å²) in [5.74, 6) is 6.77. The lowest BCUT2D eigenvalue weighted by Crippen LogP contribution is -2.11. The zero-order chi connectivity index (χ0) is 21.1. The normalized spacial score (nSPS) is 10.1. The van der Waals surface area contributed by atoms with Gasteiger partial charge in [0.15, 0.2) is 6.79 Å². The number of benzene rings is 2. The van der Waals surface area contributed by atoms with E-state index >= 15 is 0 Å². The van der Waals surface area contributed by atoms with Gasteiger partial charge in [-0.2, -0.15) is 0 Å². The van der Waals surface area contributed by atoms with E-state index in [4.69, 9.17) is 23.7 Å². The van der Waals surface area contributed by atoms with Crippen LogP contribution in [0.4, 0.5) is 0 Å². The van der Waals surface area contributed by atoms with Crippen LogP contribution >= 0.6 is 0 Å². The molecule has 2 aromatic rings. The van der Waals surface area contributed by atoms with Gasteiger partial charge in [0.2, 0.25) is 0 Å². The predicted molar refractivity (Wildman–Crippen MR) is 109 cm³/mol. The maximum absolute atomic E-state index is 12.2. The van der Waals surface area contributed by atoms with Gasteiger partial charge in [-0.25, -0.2) is 4.79 Å². The lowest BCUT2D eigenvalue weighted by molar-refractivity contribution is 0.0437. The van der Waals surface area contributed by atoms with Gasteiger partial charge in [-0.05, 0) is 49.2 Å². The third kappa shape index (κ3) is 6.83. The van der Waals surface area contributed by atoms with Gasteiger partial charge in [0, 0.05) is 12.7 Å². The molecule has 0 aromatic heterocycles. The van der Waals surface area contributed by atoms with Crippen LogP contribution in [0.3, 0.4) is 0 Å². The monoisotopic (exact) mass is 398 g/mol. The summed E-state index contributed by atoms with van der Waals surface area (Å²) in [6.45, 7) is 4.62. The van der Waals surface area contributed by atoms with E-state index in [-0.39, 0.29) is 20.0 Å². The molecule has 2 aromatic carbocycles. The average molecular weight is 398 g/mol. The highest BCUT2D eigenvalue weighted by molar-refractivity contribution is 5.94. The Hall–Kier alpha value is -3.01. The van der Waals surface area contributed by atoms with Gasteiger partial charge in [-0.15, -0.1) is 0 Å². The summed E-state index contributed by atoms with van der Waals surface area (Å²) in [6, 6.07) is 11.2. The molecule has 0 aliphatic carbocycles. The Morgan fingerprint density at radius 1 is 1.10 bits per heavy atom. The molecule has 0 heterocycles. The van der Waals surface area contributed by atoms with Crippen molar-refractivity contribution in [3.05, 3.63) is 58.7 Å². The predicted octanol–water partition coefficient (Wildman–Crippen LogP) is 3.73. The summed E-state index contributed by atoms with van der Waals surface area (Å²) in [6.07, 6.45) is 0. The third-order valence-corrected chi connectivity index (χ3v) is 3.95. The van der Waals surface area contributed by atoms with E-state index in [0.717, 1.165) is 22.4 Å². The second-order valence-electron chi connectivity index (χ2n) is 6.08. The molecular weight excluding hydrogens is 372 g/mol. The van der Waals surface area contributed by atoms with Crippen LogP contribution in [-0.4, -0.2) is 40.2 Å². The molecule has 0 spiro atoms. The summed E-state index contributed by atoms with van der Waals surface area (Å²) in [5.41, 5.74) is 2.86. The highest BCUT2D eigenvalue weighted by Gasteiger charge is 2.18. The van der Waals surface area contributed by atoms with Crippen LogP contribution in [0.15, 0.2) is 36.4 Å². The van der Waals surface area contributed by atoms with Crippen LogP contribution < -0.4 is 9.47 Å². The van der Waals surface area contributed by atoms with Crippen LogP contribution in [0.5, 0.6) is 11.5 Å². The number of ether oxygens (including phenoxy) is 5. The number of esters is 1. The van der Waals surface area contributed by atoms with E-state index in [2.05, 4.69) is 11.8 Å². The first-order chi connectivity index (χ1) is 14.1. The molecule has 0 bridgehead atoms. The van der Waals surface area contributed by atoms with E-state index in [1.54, 1.807) is 20.1 Å². The van der Waals surface area contributed by atoms with E-state index in [9.17, 15) is 4.79 Å². The van der Waals surface area contributed by atoms with E-state index in [1.165, 1.54) is 7.11 Å².